The summed E-state index contributed by atoms with van der Waals surface area (Å²) in [4.78, 5) is 14.2. The molecule has 0 heterocycles. The molecule has 0 atom stereocenters. The second-order valence-corrected chi connectivity index (χ2v) is 9.49. The van der Waals surface area contributed by atoms with E-state index in [2.05, 4.69) is 0 Å². The first-order valence-corrected chi connectivity index (χ1v) is 11.3. The quantitative estimate of drug-likeness (QED) is 0.223. The van der Waals surface area contributed by atoms with Crippen LogP contribution in [-0.2, 0) is 14.6 Å². The zero-order chi connectivity index (χ0) is 31.8. The highest BCUT2D eigenvalue weighted by Crippen LogP contribution is 2.64. The molecular formula is C13H14F17NO5PS+. The Morgan fingerprint density at radius 3 is 1.16 bits per heavy atom. The fourth-order valence-electron chi connectivity index (χ4n) is 2.01. The molecule has 0 saturated carbocycles. The molecule has 0 aliphatic heterocycles. The normalized spacial score (nSPS) is 15.3. The SMILES string of the molecule is CCCCN(C)S(=O)(=O)C(F)(F)C(F)(F)C(F)(F)C(F)(F)C(F)(F)C(F)(F)C(F)(F)C(F)(F)F.O=[P+](O)O. The van der Waals surface area contributed by atoms with Gasteiger partial charge in [-0.05, 0) is 6.42 Å². The Labute approximate surface area is 201 Å². The minimum Gasteiger partial charge on any atom is -0.206 e. The summed E-state index contributed by atoms with van der Waals surface area (Å²) >= 11 is 0. The first kappa shape index (κ1) is 38.9. The van der Waals surface area contributed by atoms with Crippen LogP contribution in [0.15, 0.2) is 0 Å². The van der Waals surface area contributed by atoms with Gasteiger partial charge in [-0.25, -0.2) is 8.42 Å². The lowest BCUT2D eigenvalue weighted by atomic mass is 9.91. The van der Waals surface area contributed by atoms with Gasteiger partial charge in [0.1, 0.15) is 0 Å². The van der Waals surface area contributed by atoms with E-state index in [4.69, 9.17) is 14.4 Å². The maximum Gasteiger partial charge on any atom is 0.692 e. The van der Waals surface area contributed by atoms with Crippen molar-refractivity contribution in [3.8, 4) is 0 Å². The van der Waals surface area contributed by atoms with Crippen LogP contribution in [0.2, 0.25) is 0 Å². The number of alkyl halides is 17. The fraction of sp³-hybridized carbons (Fsp3) is 1.00. The van der Waals surface area contributed by atoms with E-state index in [1.807, 2.05) is 0 Å². The molecular weight excluding hydrogens is 636 g/mol. The molecule has 0 bridgehead atoms. The molecule has 0 fully saturated rings. The topological polar surface area (TPSA) is 94.9 Å². The molecule has 230 valence electrons. The van der Waals surface area contributed by atoms with Crippen molar-refractivity contribution < 1.29 is 97.4 Å². The van der Waals surface area contributed by atoms with Crippen LogP contribution in [0.25, 0.3) is 0 Å². The number of rotatable bonds is 11. The molecule has 0 saturated heterocycles. The summed E-state index contributed by atoms with van der Waals surface area (Å²) in [7, 11) is -10.0. The molecule has 0 rings (SSSR count). The zero-order valence-electron chi connectivity index (χ0n) is 18.0. The van der Waals surface area contributed by atoms with Crippen molar-refractivity contribution in [1.82, 2.24) is 4.31 Å². The van der Waals surface area contributed by atoms with Gasteiger partial charge in [0.05, 0.1) is 0 Å². The van der Waals surface area contributed by atoms with Crippen molar-refractivity contribution in [1.29, 1.82) is 0 Å². The number of nitrogens with zero attached hydrogens (tertiary/aromatic N) is 1. The number of hydrogen-bond acceptors (Lipinski definition) is 3. The maximum atomic E-state index is 13.8. The van der Waals surface area contributed by atoms with Crippen molar-refractivity contribution in [2.75, 3.05) is 13.6 Å². The molecule has 0 aliphatic rings. The third-order valence-corrected chi connectivity index (χ3v) is 6.16. The van der Waals surface area contributed by atoms with Gasteiger partial charge in [0.25, 0.3) is 10.0 Å². The molecule has 25 heteroatoms. The summed E-state index contributed by atoms with van der Waals surface area (Å²) in [6.07, 6.45) is -8.37. The van der Waals surface area contributed by atoms with Crippen LogP contribution in [0.1, 0.15) is 19.8 Å². The van der Waals surface area contributed by atoms with Crippen LogP contribution >= 0.6 is 8.25 Å². The van der Waals surface area contributed by atoms with Crippen molar-refractivity contribution >= 4 is 18.3 Å². The molecule has 0 aromatic carbocycles. The van der Waals surface area contributed by atoms with Gasteiger partial charge < -0.3 is 0 Å². The van der Waals surface area contributed by atoms with E-state index >= 15 is 0 Å². The average molecular weight is 650 g/mol. The van der Waals surface area contributed by atoms with Gasteiger partial charge in [0.15, 0.2) is 0 Å². The predicted octanol–water partition coefficient (Wildman–Crippen LogP) is 5.64. The molecule has 0 aromatic rings. The summed E-state index contributed by atoms with van der Waals surface area (Å²) < 4.78 is 255. The lowest BCUT2D eigenvalue weighted by Crippen LogP contribution is -2.75. The van der Waals surface area contributed by atoms with Crippen LogP contribution in [0.3, 0.4) is 0 Å². The lowest BCUT2D eigenvalue weighted by Gasteiger charge is -2.42. The summed E-state index contributed by atoms with van der Waals surface area (Å²) in [5, 5.41) is -7.49. The summed E-state index contributed by atoms with van der Waals surface area (Å²) in [6.45, 7) is 0.0827. The molecule has 0 aromatic heterocycles. The molecule has 6 nitrogen and oxygen atoms in total. The van der Waals surface area contributed by atoms with E-state index in [0.717, 1.165) is 0 Å². The smallest absolute Gasteiger partial charge is 0.206 e. The Morgan fingerprint density at radius 1 is 0.632 bits per heavy atom. The molecule has 0 aliphatic carbocycles. The van der Waals surface area contributed by atoms with Crippen molar-refractivity contribution in [2.24, 2.45) is 0 Å². The molecule has 38 heavy (non-hydrogen) atoms. The first-order valence-electron chi connectivity index (χ1n) is 8.74. The molecule has 0 radical (unpaired) electrons. The van der Waals surface area contributed by atoms with E-state index in [-0.39, 0.29) is 13.5 Å². The minimum absolute atomic E-state index is 0.0118. The van der Waals surface area contributed by atoms with Crippen LogP contribution in [-0.4, -0.2) is 83.1 Å². The lowest BCUT2D eigenvalue weighted by molar-refractivity contribution is -0.458. The van der Waals surface area contributed by atoms with Gasteiger partial charge >= 0.3 is 55.2 Å². The van der Waals surface area contributed by atoms with Crippen LogP contribution in [0.4, 0.5) is 74.6 Å². The van der Waals surface area contributed by atoms with E-state index < -0.39 is 82.5 Å². The third-order valence-electron chi connectivity index (χ3n) is 4.25. The van der Waals surface area contributed by atoms with Gasteiger partial charge in [-0.2, -0.15) is 78.9 Å². The van der Waals surface area contributed by atoms with Gasteiger partial charge in [0.2, 0.25) is 0 Å². The van der Waals surface area contributed by atoms with E-state index in [0.29, 0.717) is 0 Å². The summed E-state index contributed by atoms with van der Waals surface area (Å²) in [6, 6.07) is 0. The molecule has 2 N–H and O–H groups in total. The van der Waals surface area contributed by atoms with Gasteiger partial charge in [-0.3, -0.25) is 0 Å². The van der Waals surface area contributed by atoms with Crippen molar-refractivity contribution in [3.63, 3.8) is 0 Å². The minimum atomic E-state index is -8.82. The Hall–Kier alpha value is -1.26. The van der Waals surface area contributed by atoms with Crippen molar-refractivity contribution in [3.05, 3.63) is 0 Å². The first-order chi connectivity index (χ1) is 16.2. The number of unbranched alkanes of at least 4 members (excludes halogenated alkanes) is 1. The summed E-state index contributed by atoms with van der Waals surface area (Å²) in [5.74, 6) is -51.5. The highest BCUT2D eigenvalue weighted by atomic mass is 32.2. The average Bonchev–Trinajstić information content (AvgIpc) is 2.69. The fourth-order valence-corrected chi connectivity index (χ4v) is 3.22. The number of halogens is 17. The second-order valence-electron chi connectivity index (χ2n) is 6.89. The summed E-state index contributed by atoms with van der Waals surface area (Å²) in [5.41, 5.74) is 0. The monoisotopic (exact) mass is 650 g/mol. The Morgan fingerprint density at radius 2 is 0.895 bits per heavy atom. The molecule has 0 spiro atoms. The van der Waals surface area contributed by atoms with Crippen molar-refractivity contribution in [2.45, 2.75) is 66.7 Å². The van der Waals surface area contributed by atoms with Crippen LogP contribution in [0.5, 0.6) is 0 Å². The van der Waals surface area contributed by atoms with Crippen LogP contribution < -0.4 is 0 Å². The predicted molar refractivity (Wildman–Crippen MR) is 89.2 cm³/mol. The third kappa shape index (κ3) is 6.07. The van der Waals surface area contributed by atoms with Gasteiger partial charge in [-0.1, -0.05) is 13.3 Å². The van der Waals surface area contributed by atoms with Gasteiger partial charge in [0, 0.05) is 18.2 Å². The second kappa shape index (κ2) is 11.3. The zero-order valence-corrected chi connectivity index (χ0v) is 19.7. The standard InChI is InChI=1S/C13H12F17NO2S.HO3P/c1-3-4-5-31(2)34(32,33)13(29,30)11(24,25)9(20,21)7(16,17)6(14,15)8(18,19)10(22,23)12(26,27)28;1-4(2)3/h3-5H2,1-2H3;(H-,1,2,3)/p+1. The van der Waals surface area contributed by atoms with E-state index in [1.165, 1.54) is 6.92 Å². The highest BCUT2D eigenvalue weighted by molar-refractivity contribution is 7.90. The van der Waals surface area contributed by atoms with Gasteiger partial charge in [-0.15, -0.1) is 9.79 Å². The van der Waals surface area contributed by atoms with Crippen LogP contribution in [0, 0.1) is 0 Å². The number of sulfonamides is 1. The number of hydrogen-bond donors (Lipinski definition) is 2. The Balaban J connectivity index is 0. The largest absolute Gasteiger partial charge is 0.692 e. The maximum absolute atomic E-state index is 13.8. The Kier molecular flexibility index (Phi) is 11.6. The van der Waals surface area contributed by atoms with E-state index in [1.54, 1.807) is 0 Å². The molecule has 0 unspecified atom stereocenters. The van der Waals surface area contributed by atoms with E-state index in [9.17, 15) is 83.1 Å². The molecule has 0 amide bonds. The highest BCUT2D eigenvalue weighted by Gasteiger charge is 2.96. The Bertz CT molecular complexity index is 933.